The molecule has 0 radical (unpaired) electrons. The summed E-state index contributed by atoms with van der Waals surface area (Å²) in [7, 11) is 4.72. The number of fused-ring (bicyclic) bond motifs is 1. The molecule has 1 atom stereocenters. The first-order valence-electron chi connectivity index (χ1n) is 12.6. The molecular weight excluding hydrogens is 526 g/mol. The number of ether oxygens (including phenoxy) is 3. The number of aryl methyl sites for hydroxylation is 1. The molecule has 0 saturated carbocycles. The van der Waals surface area contributed by atoms with E-state index in [1.54, 1.807) is 45.0 Å². The van der Waals surface area contributed by atoms with Crippen LogP contribution in [0.25, 0.3) is 6.08 Å². The fourth-order valence-corrected chi connectivity index (χ4v) is 5.86. The summed E-state index contributed by atoms with van der Waals surface area (Å²) in [6.07, 6.45) is 1.76. The minimum Gasteiger partial charge on any atom is -0.496 e. The second kappa shape index (κ2) is 11.2. The molecule has 3 aromatic carbocycles. The number of amides is 1. The Bertz CT molecular complexity index is 1800. The lowest BCUT2D eigenvalue weighted by Crippen LogP contribution is -2.40. The van der Waals surface area contributed by atoms with E-state index in [4.69, 9.17) is 19.2 Å². The Hall–Kier alpha value is -4.63. The zero-order chi connectivity index (χ0) is 28.4. The van der Waals surface area contributed by atoms with Gasteiger partial charge in [-0.05, 0) is 55.3 Å². The van der Waals surface area contributed by atoms with Gasteiger partial charge in [-0.3, -0.25) is 14.2 Å². The predicted molar refractivity (Wildman–Crippen MR) is 156 cm³/mol. The average molecular weight is 556 g/mol. The van der Waals surface area contributed by atoms with Crippen molar-refractivity contribution in [3.8, 4) is 17.2 Å². The van der Waals surface area contributed by atoms with Crippen molar-refractivity contribution in [1.29, 1.82) is 0 Å². The van der Waals surface area contributed by atoms with E-state index in [1.165, 1.54) is 11.3 Å². The number of nitrogens with one attached hydrogen (secondary N) is 1. The van der Waals surface area contributed by atoms with Gasteiger partial charge in [0.1, 0.15) is 5.75 Å². The van der Waals surface area contributed by atoms with Crippen LogP contribution in [-0.2, 0) is 4.79 Å². The van der Waals surface area contributed by atoms with Gasteiger partial charge in [-0.2, -0.15) is 0 Å². The van der Waals surface area contributed by atoms with Gasteiger partial charge in [0, 0.05) is 11.3 Å². The van der Waals surface area contributed by atoms with Crippen LogP contribution in [0.5, 0.6) is 17.2 Å². The number of allylic oxidation sites excluding steroid dienone is 1. The predicted octanol–water partition coefficient (Wildman–Crippen LogP) is 4.21. The first-order chi connectivity index (χ1) is 19.4. The van der Waals surface area contributed by atoms with Gasteiger partial charge in [0.05, 0.1) is 43.2 Å². The van der Waals surface area contributed by atoms with Crippen LogP contribution in [0, 0.1) is 6.92 Å². The molecule has 4 aromatic rings. The van der Waals surface area contributed by atoms with Crippen molar-refractivity contribution in [2.45, 2.75) is 19.9 Å². The number of carbonyl (C=O) groups excluding carboxylic acids is 1. The molecule has 1 aliphatic heterocycles. The van der Waals surface area contributed by atoms with Gasteiger partial charge < -0.3 is 19.5 Å². The number of benzene rings is 3. The molecule has 1 aromatic heterocycles. The number of carbonyl (C=O) groups is 1. The molecule has 0 unspecified atom stereocenters. The number of thiazole rings is 1. The Kier molecular flexibility index (Phi) is 7.57. The lowest BCUT2D eigenvalue weighted by atomic mass is 9.94. The van der Waals surface area contributed by atoms with Crippen molar-refractivity contribution in [1.82, 2.24) is 4.57 Å². The van der Waals surface area contributed by atoms with Gasteiger partial charge in [-0.25, -0.2) is 4.99 Å². The highest BCUT2D eigenvalue weighted by atomic mass is 32.1. The van der Waals surface area contributed by atoms with Crippen molar-refractivity contribution in [2.75, 3.05) is 26.6 Å². The van der Waals surface area contributed by atoms with E-state index in [0.29, 0.717) is 49.1 Å². The fraction of sp³-hybridized carbons (Fsp3) is 0.194. The number of hydrogen-bond donors (Lipinski definition) is 1. The van der Waals surface area contributed by atoms with Crippen LogP contribution >= 0.6 is 11.3 Å². The van der Waals surface area contributed by atoms with E-state index in [0.717, 1.165) is 11.1 Å². The highest BCUT2D eigenvalue weighted by Crippen LogP contribution is 2.34. The zero-order valence-corrected chi connectivity index (χ0v) is 23.7. The molecular formula is C31H29N3O5S. The molecule has 0 spiro atoms. The Balaban J connectivity index is 1.72. The maximum Gasteiger partial charge on any atom is 0.271 e. The third-order valence-corrected chi connectivity index (χ3v) is 7.75. The van der Waals surface area contributed by atoms with Crippen LogP contribution < -0.4 is 34.4 Å². The van der Waals surface area contributed by atoms with Crippen LogP contribution in [-0.4, -0.2) is 31.8 Å². The van der Waals surface area contributed by atoms with Crippen LogP contribution in [0.2, 0.25) is 0 Å². The molecule has 8 nitrogen and oxygen atoms in total. The number of anilines is 1. The van der Waals surface area contributed by atoms with Gasteiger partial charge >= 0.3 is 0 Å². The van der Waals surface area contributed by atoms with E-state index in [9.17, 15) is 9.59 Å². The maximum absolute atomic E-state index is 14.0. The third kappa shape index (κ3) is 4.91. The monoisotopic (exact) mass is 555 g/mol. The van der Waals surface area contributed by atoms with Crippen molar-refractivity contribution in [3.63, 3.8) is 0 Å². The van der Waals surface area contributed by atoms with Crippen molar-refractivity contribution in [3.05, 3.63) is 114 Å². The number of para-hydroxylation sites is 2. The molecule has 40 heavy (non-hydrogen) atoms. The van der Waals surface area contributed by atoms with E-state index >= 15 is 0 Å². The van der Waals surface area contributed by atoms with Crippen molar-refractivity contribution in [2.24, 2.45) is 4.99 Å². The van der Waals surface area contributed by atoms with Gasteiger partial charge in [0.15, 0.2) is 16.3 Å². The van der Waals surface area contributed by atoms with Gasteiger partial charge in [-0.1, -0.05) is 53.8 Å². The highest BCUT2D eigenvalue weighted by molar-refractivity contribution is 7.07. The SMILES string of the molecule is COc1cc([C@H]2C(C(=O)Nc3ccccc3)=C(C)N=c3s/c(=C\c4cccc(OC)c4OC)c(=O)n32)ccc1C. The summed E-state index contributed by atoms with van der Waals surface area (Å²) >= 11 is 1.26. The molecule has 9 heteroatoms. The summed E-state index contributed by atoms with van der Waals surface area (Å²) in [5, 5.41) is 2.97. The second-order valence-electron chi connectivity index (χ2n) is 9.21. The minimum absolute atomic E-state index is 0.268. The Labute approximate surface area is 235 Å². The molecule has 5 rings (SSSR count). The lowest BCUT2D eigenvalue weighted by Gasteiger charge is -2.26. The minimum atomic E-state index is -0.719. The largest absolute Gasteiger partial charge is 0.496 e. The Morgan fingerprint density at radius 3 is 2.40 bits per heavy atom. The zero-order valence-electron chi connectivity index (χ0n) is 22.8. The maximum atomic E-state index is 14.0. The number of methoxy groups -OCH3 is 3. The summed E-state index contributed by atoms with van der Waals surface area (Å²) in [4.78, 5) is 33.0. The van der Waals surface area contributed by atoms with E-state index in [1.807, 2.05) is 67.6 Å². The quantitative estimate of drug-likeness (QED) is 0.369. The molecule has 1 aliphatic rings. The van der Waals surface area contributed by atoms with Gasteiger partial charge in [0.2, 0.25) is 0 Å². The lowest BCUT2D eigenvalue weighted by molar-refractivity contribution is -0.113. The first-order valence-corrected chi connectivity index (χ1v) is 13.4. The molecule has 0 aliphatic carbocycles. The van der Waals surface area contributed by atoms with Crippen LogP contribution in [0.1, 0.15) is 29.7 Å². The normalized spacial score (nSPS) is 14.8. The second-order valence-corrected chi connectivity index (χ2v) is 10.2. The van der Waals surface area contributed by atoms with Gasteiger partial charge in [-0.15, -0.1) is 0 Å². The number of rotatable bonds is 7. The smallest absolute Gasteiger partial charge is 0.271 e. The summed E-state index contributed by atoms with van der Waals surface area (Å²) in [6.45, 7) is 3.74. The molecule has 2 heterocycles. The van der Waals surface area contributed by atoms with E-state index < -0.39 is 6.04 Å². The number of aromatic nitrogens is 1. The third-order valence-electron chi connectivity index (χ3n) is 6.77. The van der Waals surface area contributed by atoms with Crippen molar-refractivity contribution < 1.29 is 19.0 Å². The molecule has 204 valence electrons. The summed E-state index contributed by atoms with van der Waals surface area (Å²) in [5.74, 6) is 1.41. The van der Waals surface area contributed by atoms with Crippen molar-refractivity contribution >= 4 is 29.0 Å². The first kappa shape index (κ1) is 27.0. The topological polar surface area (TPSA) is 91.2 Å². The molecule has 0 saturated heterocycles. The molecule has 0 bridgehead atoms. The Morgan fingerprint density at radius 2 is 1.70 bits per heavy atom. The molecule has 1 N–H and O–H groups in total. The average Bonchev–Trinajstić information content (AvgIpc) is 3.26. The van der Waals surface area contributed by atoms with Gasteiger partial charge in [0.25, 0.3) is 11.5 Å². The fourth-order valence-electron chi connectivity index (χ4n) is 4.82. The number of nitrogens with zero attached hydrogens (tertiary/aromatic N) is 2. The molecule has 0 fully saturated rings. The summed E-state index contributed by atoms with van der Waals surface area (Å²) in [5.41, 5.74) is 3.67. The summed E-state index contributed by atoms with van der Waals surface area (Å²) in [6, 6.07) is 19.7. The van der Waals surface area contributed by atoms with E-state index in [-0.39, 0.29) is 11.5 Å². The number of hydrogen-bond acceptors (Lipinski definition) is 7. The standard InChI is InChI=1S/C31H29N3O5S/c1-18-14-15-20(16-24(18)38-4)27-26(29(35)33-22-11-7-6-8-12-22)19(2)32-31-34(27)30(36)25(40-31)17-21-10-9-13-23(37-3)28(21)39-5/h6-17,27H,1-5H3,(H,33,35)/b25-17-/t27-/m0/s1. The van der Waals surface area contributed by atoms with Crippen LogP contribution in [0.4, 0.5) is 5.69 Å². The van der Waals surface area contributed by atoms with Crippen LogP contribution in [0.3, 0.4) is 0 Å². The summed E-state index contributed by atoms with van der Waals surface area (Å²) < 4.78 is 18.6. The van der Waals surface area contributed by atoms with Crippen LogP contribution in [0.15, 0.2) is 87.8 Å². The highest BCUT2D eigenvalue weighted by Gasteiger charge is 2.33. The Morgan fingerprint density at radius 1 is 0.950 bits per heavy atom. The van der Waals surface area contributed by atoms with E-state index in [2.05, 4.69) is 5.32 Å². The molecule has 1 amide bonds.